The fraction of sp³-hybridized carbons (Fsp3) is 0.529. The molecule has 0 bridgehead atoms. The summed E-state index contributed by atoms with van der Waals surface area (Å²) < 4.78 is 54.9. The van der Waals surface area contributed by atoms with Crippen LogP contribution >= 0.6 is 0 Å². The smallest absolute Gasteiger partial charge is 0.255 e. The summed E-state index contributed by atoms with van der Waals surface area (Å²) in [5, 5.41) is 3.75. The van der Waals surface area contributed by atoms with E-state index in [2.05, 4.69) is 10.1 Å². The van der Waals surface area contributed by atoms with Gasteiger partial charge < -0.3 is 14.0 Å². The third-order valence-corrected chi connectivity index (χ3v) is 5.50. The molecule has 148 valence electrons. The average Bonchev–Trinajstić information content (AvgIpc) is 3.23. The van der Waals surface area contributed by atoms with Crippen LogP contribution in [0, 0.1) is 12.7 Å². The molecule has 0 unspecified atom stereocenters. The van der Waals surface area contributed by atoms with Gasteiger partial charge in [-0.15, -0.1) is 0 Å². The topological polar surface area (TPSA) is 94.8 Å². The maximum Gasteiger partial charge on any atom is 0.255 e. The van der Waals surface area contributed by atoms with Crippen LogP contribution in [0.2, 0.25) is 0 Å². The summed E-state index contributed by atoms with van der Waals surface area (Å²) in [4.78, 5) is 4.16. The van der Waals surface area contributed by atoms with Crippen LogP contribution in [-0.2, 0) is 14.8 Å². The van der Waals surface area contributed by atoms with E-state index in [9.17, 15) is 12.8 Å². The monoisotopic (exact) mass is 399 g/mol. The minimum Gasteiger partial charge on any atom is -0.492 e. The van der Waals surface area contributed by atoms with Crippen LogP contribution < -0.4 is 4.74 Å². The Labute approximate surface area is 157 Å². The van der Waals surface area contributed by atoms with Crippen LogP contribution in [0.1, 0.15) is 30.7 Å². The van der Waals surface area contributed by atoms with Gasteiger partial charge in [0.1, 0.15) is 24.3 Å². The lowest BCUT2D eigenvalue weighted by Gasteiger charge is -2.23. The van der Waals surface area contributed by atoms with Gasteiger partial charge in [0.05, 0.1) is 12.4 Å². The van der Waals surface area contributed by atoms with Gasteiger partial charge in [0.2, 0.25) is 10.0 Å². The summed E-state index contributed by atoms with van der Waals surface area (Å²) in [6.07, 6.45) is 1.96. The molecule has 1 aliphatic heterocycles. The van der Waals surface area contributed by atoms with Crippen molar-refractivity contribution in [2.45, 2.75) is 32.0 Å². The highest BCUT2D eigenvalue weighted by molar-refractivity contribution is 7.88. The highest BCUT2D eigenvalue weighted by atomic mass is 32.2. The molecule has 1 aromatic heterocycles. The van der Waals surface area contributed by atoms with Crippen LogP contribution in [-0.4, -0.2) is 54.9 Å². The van der Waals surface area contributed by atoms with Crippen molar-refractivity contribution in [3.63, 3.8) is 0 Å². The maximum atomic E-state index is 12.9. The number of halogens is 1. The van der Waals surface area contributed by atoms with E-state index in [-0.39, 0.29) is 37.7 Å². The zero-order chi connectivity index (χ0) is 19.4. The Morgan fingerprint density at radius 3 is 2.67 bits per heavy atom. The van der Waals surface area contributed by atoms with Crippen molar-refractivity contribution in [3.8, 4) is 5.75 Å². The van der Waals surface area contributed by atoms with E-state index in [1.807, 2.05) is 0 Å². The molecule has 27 heavy (non-hydrogen) atoms. The zero-order valence-electron chi connectivity index (χ0n) is 15.2. The number of hydrogen-bond acceptors (Lipinski definition) is 7. The van der Waals surface area contributed by atoms with Crippen molar-refractivity contribution in [1.82, 2.24) is 14.4 Å². The minimum absolute atomic E-state index is 0.151. The second-order valence-corrected chi connectivity index (χ2v) is 8.41. The molecule has 8 nitrogen and oxygen atoms in total. The van der Waals surface area contributed by atoms with Crippen molar-refractivity contribution in [2.24, 2.45) is 0 Å². The standard InChI is InChI=1S/C17H22FN3O5S/c1-12-19-17(26-20-12)16-8-7-15(25-16)11-21(27(2,22)23)9-10-24-14-5-3-13(18)4-6-14/h3-6,15-16H,7-11H2,1-2H3/t15-,16+/m1/s1. The second-order valence-electron chi connectivity index (χ2n) is 6.43. The maximum absolute atomic E-state index is 12.9. The van der Waals surface area contributed by atoms with E-state index in [0.29, 0.717) is 30.3 Å². The highest BCUT2D eigenvalue weighted by Gasteiger charge is 2.33. The van der Waals surface area contributed by atoms with E-state index < -0.39 is 10.0 Å². The molecule has 0 amide bonds. The van der Waals surface area contributed by atoms with Gasteiger partial charge in [-0.3, -0.25) is 0 Å². The van der Waals surface area contributed by atoms with E-state index in [1.165, 1.54) is 28.6 Å². The summed E-state index contributed by atoms with van der Waals surface area (Å²) in [5.74, 6) is 1.08. The molecular formula is C17H22FN3O5S. The van der Waals surface area contributed by atoms with Gasteiger partial charge in [-0.1, -0.05) is 5.16 Å². The largest absolute Gasteiger partial charge is 0.492 e. The van der Waals surface area contributed by atoms with Crippen LogP contribution in [0.4, 0.5) is 4.39 Å². The fourth-order valence-corrected chi connectivity index (χ4v) is 3.72. The first-order chi connectivity index (χ1) is 12.8. The van der Waals surface area contributed by atoms with E-state index in [4.69, 9.17) is 14.0 Å². The molecule has 0 N–H and O–H groups in total. The number of nitrogens with zero attached hydrogens (tertiary/aromatic N) is 3. The van der Waals surface area contributed by atoms with Crippen molar-refractivity contribution in [2.75, 3.05) is 26.0 Å². The quantitative estimate of drug-likeness (QED) is 0.671. The molecule has 0 spiro atoms. The molecule has 2 atom stereocenters. The Bertz CT molecular complexity index is 856. The van der Waals surface area contributed by atoms with Gasteiger partial charge in [-0.2, -0.15) is 9.29 Å². The van der Waals surface area contributed by atoms with E-state index in [1.54, 1.807) is 6.92 Å². The molecule has 0 radical (unpaired) electrons. The molecule has 1 saturated heterocycles. The summed E-state index contributed by atoms with van der Waals surface area (Å²) in [6.45, 7) is 2.26. The summed E-state index contributed by atoms with van der Waals surface area (Å²) in [6, 6.07) is 5.57. The predicted molar refractivity (Wildman–Crippen MR) is 94.2 cm³/mol. The number of aromatic nitrogens is 2. The third kappa shape index (κ3) is 5.47. The lowest BCUT2D eigenvalue weighted by Crippen LogP contribution is -2.39. The molecule has 10 heteroatoms. The lowest BCUT2D eigenvalue weighted by atomic mass is 10.2. The Balaban J connectivity index is 1.53. The molecule has 3 rings (SSSR count). The molecule has 0 aliphatic carbocycles. The minimum atomic E-state index is -3.43. The molecule has 0 saturated carbocycles. The lowest BCUT2D eigenvalue weighted by molar-refractivity contribution is 0.0170. The Morgan fingerprint density at radius 1 is 1.30 bits per heavy atom. The average molecular weight is 399 g/mol. The number of ether oxygens (including phenoxy) is 2. The zero-order valence-corrected chi connectivity index (χ0v) is 16.0. The first-order valence-corrected chi connectivity index (χ1v) is 10.5. The Morgan fingerprint density at radius 2 is 2.04 bits per heavy atom. The van der Waals surface area contributed by atoms with Crippen LogP contribution in [0.15, 0.2) is 28.8 Å². The van der Waals surface area contributed by atoms with Crippen molar-refractivity contribution in [1.29, 1.82) is 0 Å². The number of sulfonamides is 1. The molecule has 1 fully saturated rings. The Kier molecular flexibility index (Phi) is 6.08. The molecule has 2 heterocycles. The van der Waals surface area contributed by atoms with E-state index >= 15 is 0 Å². The number of benzene rings is 1. The van der Waals surface area contributed by atoms with Gasteiger partial charge in [0.15, 0.2) is 5.82 Å². The van der Waals surface area contributed by atoms with Crippen molar-refractivity contribution >= 4 is 10.0 Å². The van der Waals surface area contributed by atoms with E-state index in [0.717, 1.165) is 6.26 Å². The normalized spacial score (nSPS) is 20.3. The van der Waals surface area contributed by atoms with Gasteiger partial charge in [0, 0.05) is 13.1 Å². The summed E-state index contributed by atoms with van der Waals surface area (Å²) >= 11 is 0. The highest BCUT2D eigenvalue weighted by Crippen LogP contribution is 2.32. The van der Waals surface area contributed by atoms with Gasteiger partial charge >= 0.3 is 0 Å². The Hall–Kier alpha value is -2.04. The van der Waals surface area contributed by atoms with Gasteiger partial charge in [-0.05, 0) is 44.0 Å². The first kappa shape index (κ1) is 19.7. The van der Waals surface area contributed by atoms with Crippen LogP contribution in [0.5, 0.6) is 5.75 Å². The number of hydrogen-bond donors (Lipinski definition) is 0. The number of rotatable bonds is 8. The van der Waals surface area contributed by atoms with Gasteiger partial charge in [0.25, 0.3) is 5.89 Å². The van der Waals surface area contributed by atoms with Crippen LogP contribution in [0.3, 0.4) is 0 Å². The van der Waals surface area contributed by atoms with Crippen molar-refractivity contribution in [3.05, 3.63) is 41.8 Å². The van der Waals surface area contributed by atoms with Gasteiger partial charge in [-0.25, -0.2) is 12.8 Å². The third-order valence-electron chi connectivity index (χ3n) is 4.23. The van der Waals surface area contributed by atoms with Crippen molar-refractivity contribution < 1.29 is 26.8 Å². The summed E-state index contributed by atoms with van der Waals surface area (Å²) in [5.41, 5.74) is 0. The predicted octanol–water partition coefficient (Wildman–Crippen LogP) is 2.08. The molecule has 1 aromatic carbocycles. The molecule has 1 aliphatic rings. The molecular weight excluding hydrogens is 377 g/mol. The SMILES string of the molecule is Cc1noc([C@@H]2CC[C@H](CN(CCOc3ccc(F)cc3)S(C)(=O)=O)O2)n1. The van der Waals surface area contributed by atoms with Crippen LogP contribution in [0.25, 0.3) is 0 Å². The summed E-state index contributed by atoms with van der Waals surface area (Å²) in [7, 11) is -3.43. The number of aryl methyl sites for hydroxylation is 1. The first-order valence-electron chi connectivity index (χ1n) is 8.60. The molecule has 2 aromatic rings. The fourth-order valence-electron chi connectivity index (χ4n) is 2.88. The second kappa shape index (κ2) is 8.32.